The molecule has 0 aliphatic carbocycles. The van der Waals surface area contributed by atoms with Crippen LogP contribution in [0.1, 0.15) is 23.6 Å². The number of benzene rings is 2. The summed E-state index contributed by atoms with van der Waals surface area (Å²) in [5.41, 5.74) is 3.61. The highest BCUT2D eigenvalue weighted by Crippen LogP contribution is 2.11. The van der Waals surface area contributed by atoms with E-state index in [2.05, 4.69) is 41.2 Å². The first kappa shape index (κ1) is 19.6. The van der Waals surface area contributed by atoms with Crippen molar-refractivity contribution in [1.29, 1.82) is 0 Å². The topological polar surface area (TPSA) is 67.4 Å². The van der Waals surface area contributed by atoms with Gasteiger partial charge in [-0.2, -0.15) is 0 Å². The van der Waals surface area contributed by atoms with Gasteiger partial charge in [0.15, 0.2) is 0 Å². The number of ether oxygens (including phenoxy) is 1. The van der Waals surface area contributed by atoms with Gasteiger partial charge in [0.25, 0.3) is 0 Å². The van der Waals surface area contributed by atoms with Gasteiger partial charge in [0.1, 0.15) is 0 Å². The molecule has 2 aromatic carbocycles. The van der Waals surface area contributed by atoms with Crippen molar-refractivity contribution >= 4 is 10.0 Å². The monoisotopic (exact) mass is 362 g/mol. The van der Waals surface area contributed by atoms with Gasteiger partial charge in [-0.05, 0) is 35.2 Å². The fourth-order valence-corrected chi connectivity index (χ4v) is 3.40. The Labute approximate surface area is 150 Å². The van der Waals surface area contributed by atoms with E-state index in [9.17, 15) is 8.42 Å². The predicted molar refractivity (Wildman–Crippen MR) is 99.9 cm³/mol. The summed E-state index contributed by atoms with van der Waals surface area (Å²) in [5.74, 6) is 0. The summed E-state index contributed by atoms with van der Waals surface area (Å²) in [7, 11) is -1.93. The highest BCUT2D eigenvalue weighted by Gasteiger charge is 2.12. The van der Waals surface area contributed by atoms with Crippen molar-refractivity contribution in [3.05, 3.63) is 65.2 Å². The number of hydrogen-bond acceptors (Lipinski definition) is 4. The third kappa shape index (κ3) is 6.25. The molecule has 136 valence electrons. The zero-order valence-electron chi connectivity index (χ0n) is 14.8. The Morgan fingerprint density at radius 2 is 1.40 bits per heavy atom. The first-order valence-corrected chi connectivity index (χ1v) is 9.89. The van der Waals surface area contributed by atoms with Crippen molar-refractivity contribution in [1.82, 2.24) is 10.0 Å². The van der Waals surface area contributed by atoms with E-state index < -0.39 is 10.0 Å². The first-order chi connectivity index (χ1) is 12.0. The maximum absolute atomic E-state index is 12.1. The largest absolute Gasteiger partial charge is 0.383 e. The van der Waals surface area contributed by atoms with Gasteiger partial charge in [-0.1, -0.05) is 43.3 Å². The minimum absolute atomic E-state index is 0.263. The summed E-state index contributed by atoms with van der Waals surface area (Å²) in [6.45, 7) is 4.22. The van der Waals surface area contributed by atoms with Crippen LogP contribution in [-0.4, -0.2) is 28.7 Å². The van der Waals surface area contributed by atoms with Crippen LogP contribution in [0.4, 0.5) is 0 Å². The van der Waals surface area contributed by atoms with Crippen LogP contribution >= 0.6 is 0 Å². The molecule has 0 radical (unpaired) electrons. The number of aryl methyl sites for hydroxylation is 1. The van der Waals surface area contributed by atoms with Crippen molar-refractivity contribution in [2.24, 2.45) is 0 Å². The summed E-state index contributed by atoms with van der Waals surface area (Å²) < 4.78 is 31.5. The second kappa shape index (κ2) is 9.68. The van der Waals surface area contributed by atoms with Crippen LogP contribution in [0, 0.1) is 0 Å². The van der Waals surface area contributed by atoms with E-state index in [1.54, 1.807) is 12.1 Å². The molecular weight excluding hydrogens is 336 g/mol. The molecule has 0 spiro atoms. The lowest BCUT2D eigenvalue weighted by molar-refractivity contribution is 0.204. The van der Waals surface area contributed by atoms with Crippen molar-refractivity contribution in [3.8, 4) is 0 Å². The van der Waals surface area contributed by atoms with Gasteiger partial charge in [0.05, 0.1) is 11.5 Å². The van der Waals surface area contributed by atoms with E-state index >= 15 is 0 Å². The number of rotatable bonds is 10. The SMILES string of the molecule is CCc1ccc(CNCc2ccc(S(=O)(=O)NCCOC)cc2)cc1. The van der Waals surface area contributed by atoms with Crippen molar-refractivity contribution < 1.29 is 13.2 Å². The maximum atomic E-state index is 12.1. The van der Waals surface area contributed by atoms with Crippen LogP contribution in [0.5, 0.6) is 0 Å². The van der Waals surface area contributed by atoms with Crippen LogP contribution in [0.2, 0.25) is 0 Å². The van der Waals surface area contributed by atoms with Gasteiger partial charge >= 0.3 is 0 Å². The van der Waals surface area contributed by atoms with Gasteiger partial charge in [-0.15, -0.1) is 0 Å². The summed E-state index contributed by atoms with van der Waals surface area (Å²) in [6.07, 6.45) is 1.04. The van der Waals surface area contributed by atoms with Gasteiger partial charge in [0, 0.05) is 26.7 Å². The fourth-order valence-electron chi connectivity index (χ4n) is 2.39. The van der Waals surface area contributed by atoms with Gasteiger partial charge in [-0.3, -0.25) is 0 Å². The first-order valence-electron chi connectivity index (χ1n) is 8.41. The minimum Gasteiger partial charge on any atom is -0.383 e. The fraction of sp³-hybridized carbons (Fsp3) is 0.368. The van der Waals surface area contributed by atoms with Crippen LogP contribution in [0.25, 0.3) is 0 Å². The van der Waals surface area contributed by atoms with Gasteiger partial charge in [0.2, 0.25) is 10.0 Å². The molecule has 0 aliphatic rings. The second-order valence-electron chi connectivity index (χ2n) is 5.81. The molecule has 2 N–H and O–H groups in total. The molecule has 6 heteroatoms. The van der Waals surface area contributed by atoms with E-state index in [0.717, 1.165) is 18.5 Å². The molecule has 25 heavy (non-hydrogen) atoms. The molecule has 0 saturated heterocycles. The lowest BCUT2D eigenvalue weighted by Gasteiger charge is -2.08. The molecular formula is C19H26N2O3S. The molecule has 0 heterocycles. The molecule has 2 aromatic rings. The second-order valence-corrected chi connectivity index (χ2v) is 7.58. The van der Waals surface area contributed by atoms with E-state index in [1.165, 1.54) is 18.2 Å². The number of hydrogen-bond donors (Lipinski definition) is 2. The normalized spacial score (nSPS) is 11.6. The van der Waals surface area contributed by atoms with Crippen LogP contribution in [0.3, 0.4) is 0 Å². The molecule has 2 rings (SSSR count). The number of sulfonamides is 1. The zero-order chi connectivity index (χ0) is 18.1. The number of nitrogens with one attached hydrogen (secondary N) is 2. The summed E-state index contributed by atoms with van der Waals surface area (Å²) in [6, 6.07) is 15.5. The molecule has 0 saturated carbocycles. The Kier molecular flexibility index (Phi) is 7.58. The Morgan fingerprint density at radius 3 is 1.92 bits per heavy atom. The Bertz CT molecular complexity index is 741. The molecule has 5 nitrogen and oxygen atoms in total. The lowest BCUT2D eigenvalue weighted by atomic mass is 10.1. The van der Waals surface area contributed by atoms with Crippen LogP contribution < -0.4 is 10.0 Å². The van der Waals surface area contributed by atoms with E-state index in [4.69, 9.17) is 4.74 Å². The zero-order valence-corrected chi connectivity index (χ0v) is 15.6. The summed E-state index contributed by atoms with van der Waals surface area (Å²) in [4.78, 5) is 0.266. The Balaban J connectivity index is 1.85. The lowest BCUT2D eigenvalue weighted by Crippen LogP contribution is -2.27. The van der Waals surface area contributed by atoms with Crippen molar-refractivity contribution in [2.75, 3.05) is 20.3 Å². The highest BCUT2D eigenvalue weighted by molar-refractivity contribution is 7.89. The van der Waals surface area contributed by atoms with Crippen LogP contribution in [0.15, 0.2) is 53.4 Å². The predicted octanol–water partition coefficient (Wildman–Crippen LogP) is 2.46. The van der Waals surface area contributed by atoms with Crippen LogP contribution in [-0.2, 0) is 34.3 Å². The smallest absolute Gasteiger partial charge is 0.240 e. The summed E-state index contributed by atoms with van der Waals surface area (Å²) >= 11 is 0. The third-order valence-corrected chi connectivity index (χ3v) is 5.40. The Hall–Kier alpha value is -1.73. The maximum Gasteiger partial charge on any atom is 0.240 e. The quantitative estimate of drug-likeness (QED) is 0.637. The molecule has 0 bridgehead atoms. The van der Waals surface area contributed by atoms with E-state index in [0.29, 0.717) is 13.2 Å². The Morgan fingerprint density at radius 1 is 0.880 bits per heavy atom. The van der Waals surface area contributed by atoms with Gasteiger partial charge < -0.3 is 10.1 Å². The minimum atomic E-state index is -3.47. The average molecular weight is 362 g/mol. The van der Waals surface area contributed by atoms with E-state index in [-0.39, 0.29) is 11.4 Å². The molecule has 0 unspecified atom stereocenters. The van der Waals surface area contributed by atoms with Gasteiger partial charge in [-0.25, -0.2) is 13.1 Å². The third-order valence-electron chi connectivity index (χ3n) is 3.92. The molecule has 0 fully saturated rings. The number of methoxy groups -OCH3 is 1. The van der Waals surface area contributed by atoms with Crippen molar-refractivity contribution in [2.45, 2.75) is 31.3 Å². The molecule has 0 amide bonds. The average Bonchev–Trinajstić information content (AvgIpc) is 2.63. The van der Waals surface area contributed by atoms with Crippen molar-refractivity contribution in [3.63, 3.8) is 0 Å². The standard InChI is InChI=1S/C19H26N2O3S/c1-3-16-4-6-17(7-5-16)14-20-15-18-8-10-19(11-9-18)25(22,23)21-12-13-24-2/h4-11,20-21H,3,12-15H2,1-2H3. The highest BCUT2D eigenvalue weighted by atomic mass is 32.2. The molecule has 0 atom stereocenters. The molecule has 0 aromatic heterocycles. The molecule has 0 aliphatic heterocycles. The van der Waals surface area contributed by atoms with E-state index in [1.807, 2.05) is 12.1 Å². The summed E-state index contributed by atoms with van der Waals surface area (Å²) in [5, 5.41) is 3.37.